The third-order valence-corrected chi connectivity index (χ3v) is 5.07. The van der Waals surface area contributed by atoms with Crippen molar-refractivity contribution < 1.29 is 9.47 Å². The highest BCUT2D eigenvalue weighted by molar-refractivity contribution is 6.11. The van der Waals surface area contributed by atoms with Crippen LogP contribution >= 0.6 is 0 Å². The highest BCUT2D eigenvalue weighted by atomic mass is 16.5. The van der Waals surface area contributed by atoms with Crippen LogP contribution in [0.3, 0.4) is 0 Å². The van der Waals surface area contributed by atoms with Crippen LogP contribution in [0.4, 0.5) is 0 Å². The molecule has 3 aromatic carbocycles. The van der Waals surface area contributed by atoms with Crippen molar-refractivity contribution in [3.05, 3.63) is 71.8 Å². The second-order valence-electron chi connectivity index (χ2n) is 7.10. The minimum atomic E-state index is 0.665. The normalized spacial score (nSPS) is 11.9. The van der Waals surface area contributed by atoms with Gasteiger partial charge in [0.2, 0.25) is 0 Å². The lowest BCUT2D eigenvalue weighted by Crippen LogP contribution is -2.02. The zero-order chi connectivity index (χ0) is 19.9. The van der Waals surface area contributed by atoms with Gasteiger partial charge < -0.3 is 9.47 Å². The van der Waals surface area contributed by atoms with E-state index >= 15 is 0 Å². The van der Waals surface area contributed by atoms with Gasteiger partial charge in [0.25, 0.3) is 0 Å². The fourth-order valence-electron chi connectivity index (χ4n) is 3.46. The zero-order valence-corrected chi connectivity index (χ0v) is 17.4. The quantitative estimate of drug-likeness (QED) is 0.234. The topological polar surface area (TPSA) is 18.5 Å². The molecule has 0 heterocycles. The van der Waals surface area contributed by atoms with Crippen LogP contribution in [0.1, 0.15) is 37.8 Å². The number of ether oxygens (including phenoxy) is 2. The molecule has 0 atom stereocenters. The SMILES string of the molecule is C/C=C/CCOc1c2ccccc2c(OCC/C=C/C)c2cc(C)c(C)cc12. The van der Waals surface area contributed by atoms with Gasteiger partial charge in [-0.05, 0) is 63.8 Å². The minimum Gasteiger partial charge on any atom is -0.492 e. The van der Waals surface area contributed by atoms with Crippen LogP contribution in [0.25, 0.3) is 21.5 Å². The Morgan fingerprint density at radius 2 is 1.11 bits per heavy atom. The van der Waals surface area contributed by atoms with Gasteiger partial charge in [-0.1, -0.05) is 48.6 Å². The van der Waals surface area contributed by atoms with Crippen molar-refractivity contribution in [1.29, 1.82) is 0 Å². The maximum Gasteiger partial charge on any atom is 0.135 e. The first-order valence-electron chi connectivity index (χ1n) is 10.1. The highest BCUT2D eigenvalue weighted by Crippen LogP contribution is 2.43. The van der Waals surface area contributed by atoms with E-state index in [9.17, 15) is 0 Å². The van der Waals surface area contributed by atoms with Gasteiger partial charge in [0.15, 0.2) is 0 Å². The molecule has 0 spiro atoms. The number of rotatable bonds is 8. The molecule has 0 aliphatic rings. The summed E-state index contributed by atoms with van der Waals surface area (Å²) in [7, 11) is 0. The molecule has 0 fully saturated rings. The van der Waals surface area contributed by atoms with Crippen molar-refractivity contribution in [2.75, 3.05) is 13.2 Å². The van der Waals surface area contributed by atoms with Gasteiger partial charge in [0.1, 0.15) is 11.5 Å². The second-order valence-corrected chi connectivity index (χ2v) is 7.10. The summed E-state index contributed by atoms with van der Waals surface area (Å²) >= 11 is 0. The van der Waals surface area contributed by atoms with Crippen molar-refractivity contribution in [3.63, 3.8) is 0 Å². The molecular weight excluding hydrogens is 344 g/mol. The van der Waals surface area contributed by atoms with E-state index in [-0.39, 0.29) is 0 Å². The summed E-state index contributed by atoms with van der Waals surface area (Å²) in [5.41, 5.74) is 2.53. The molecule has 0 unspecified atom stereocenters. The van der Waals surface area contributed by atoms with Crippen molar-refractivity contribution in [1.82, 2.24) is 0 Å². The van der Waals surface area contributed by atoms with Gasteiger partial charge in [-0.25, -0.2) is 0 Å². The van der Waals surface area contributed by atoms with Gasteiger partial charge in [-0.2, -0.15) is 0 Å². The van der Waals surface area contributed by atoms with Crippen LogP contribution in [0.5, 0.6) is 11.5 Å². The molecule has 2 heteroatoms. The van der Waals surface area contributed by atoms with Crippen LogP contribution in [-0.2, 0) is 0 Å². The Morgan fingerprint density at radius 1 is 0.679 bits per heavy atom. The van der Waals surface area contributed by atoms with Crippen LogP contribution in [0, 0.1) is 13.8 Å². The fourth-order valence-corrected chi connectivity index (χ4v) is 3.46. The van der Waals surface area contributed by atoms with Crippen LogP contribution in [0.2, 0.25) is 0 Å². The number of fused-ring (bicyclic) bond motifs is 2. The summed E-state index contributed by atoms with van der Waals surface area (Å²) in [6.45, 7) is 9.71. The first kappa shape index (κ1) is 20.0. The van der Waals surface area contributed by atoms with Crippen LogP contribution in [-0.4, -0.2) is 13.2 Å². The Balaban J connectivity index is 2.18. The Bertz CT molecular complexity index is 930. The Hall–Kier alpha value is -2.74. The van der Waals surface area contributed by atoms with Crippen molar-refractivity contribution in [2.45, 2.75) is 40.5 Å². The molecule has 0 saturated heterocycles. The lowest BCUT2D eigenvalue weighted by molar-refractivity contribution is 0.327. The fraction of sp³-hybridized carbons (Fsp3) is 0.308. The Morgan fingerprint density at radius 3 is 1.50 bits per heavy atom. The Kier molecular flexibility index (Phi) is 6.76. The molecule has 0 radical (unpaired) electrons. The van der Waals surface area contributed by atoms with Gasteiger partial charge in [-0.15, -0.1) is 0 Å². The smallest absolute Gasteiger partial charge is 0.135 e. The largest absolute Gasteiger partial charge is 0.492 e. The van der Waals surface area contributed by atoms with E-state index in [4.69, 9.17) is 9.47 Å². The number of hydrogen-bond donors (Lipinski definition) is 0. The molecule has 28 heavy (non-hydrogen) atoms. The van der Waals surface area contributed by atoms with Crippen molar-refractivity contribution >= 4 is 21.5 Å². The predicted octanol–water partition coefficient (Wildman–Crippen LogP) is 7.30. The molecule has 0 N–H and O–H groups in total. The molecule has 3 aromatic rings. The predicted molar refractivity (Wildman–Crippen MR) is 121 cm³/mol. The number of allylic oxidation sites excluding steroid dienone is 2. The lowest BCUT2D eigenvalue weighted by atomic mass is 9.96. The lowest BCUT2D eigenvalue weighted by Gasteiger charge is -2.19. The van der Waals surface area contributed by atoms with E-state index in [0.717, 1.165) is 45.9 Å². The van der Waals surface area contributed by atoms with Crippen molar-refractivity contribution in [3.8, 4) is 11.5 Å². The summed E-state index contributed by atoms with van der Waals surface area (Å²) in [6.07, 6.45) is 10.2. The average Bonchev–Trinajstić information content (AvgIpc) is 2.70. The monoisotopic (exact) mass is 374 g/mol. The molecular formula is C26H30O2. The number of benzene rings is 3. The summed E-state index contributed by atoms with van der Waals surface area (Å²) < 4.78 is 12.6. The standard InChI is InChI=1S/C26H30O2/c1-5-7-11-15-27-25-21-13-9-10-14-22(21)26(28-16-12-8-6-2)24-18-20(4)19(3)17-23(24)25/h5-10,13-14,17-18H,11-12,15-16H2,1-4H3/b7-5+,8-6+. The first-order chi connectivity index (χ1) is 13.7. The van der Waals surface area contributed by atoms with E-state index in [1.54, 1.807) is 0 Å². The van der Waals surface area contributed by atoms with E-state index in [1.807, 2.05) is 13.8 Å². The molecule has 0 bridgehead atoms. The molecule has 146 valence electrons. The molecule has 0 aliphatic carbocycles. The first-order valence-corrected chi connectivity index (χ1v) is 10.1. The average molecular weight is 375 g/mol. The van der Waals surface area contributed by atoms with Gasteiger partial charge in [0.05, 0.1) is 13.2 Å². The zero-order valence-electron chi connectivity index (χ0n) is 17.4. The molecule has 2 nitrogen and oxygen atoms in total. The molecule has 0 amide bonds. The summed E-state index contributed by atoms with van der Waals surface area (Å²) in [5, 5.41) is 4.48. The van der Waals surface area contributed by atoms with E-state index in [2.05, 4.69) is 74.5 Å². The second kappa shape index (κ2) is 9.45. The van der Waals surface area contributed by atoms with Gasteiger partial charge in [-0.3, -0.25) is 0 Å². The summed E-state index contributed by atoms with van der Waals surface area (Å²) in [6, 6.07) is 12.9. The molecule has 0 aliphatic heterocycles. The van der Waals surface area contributed by atoms with Gasteiger partial charge >= 0.3 is 0 Å². The van der Waals surface area contributed by atoms with Crippen LogP contribution < -0.4 is 9.47 Å². The maximum absolute atomic E-state index is 6.31. The molecule has 3 rings (SSSR count). The van der Waals surface area contributed by atoms with Gasteiger partial charge in [0, 0.05) is 21.5 Å². The summed E-state index contributed by atoms with van der Waals surface area (Å²) in [4.78, 5) is 0. The molecule has 0 saturated carbocycles. The Labute approximate surface area is 168 Å². The molecule has 0 aromatic heterocycles. The third-order valence-electron chi connectivity index (χ3n) is 5.07. The highest BCUT2D eigenvalue weighted by Gasteiger charge is 2.17. The maximum atomic E-state index is 6.31. The van der Waals surface area contributed by atoms with Crippen LogP contribution in [0.15, 0.2) is 60.7 Å². The number of aryl methyl sites for hydroxylation is 2. The van der Waals surface area contributed by atoms with E-state index < -0.39 is 0 Å². The van der Waals surface area contributed by atoms with E-state index in [0.29, 0.717) is 13.2 Å². The third kappa shape index (κ3) is 4.22. The van der Waals surface area contributed by atoms with E-state index in [1.165, 1.54) is 11.1 Å². The van der Waals surface area contributed by atoms with Crippen molar-refractivity contribution in [2.24, 2.45) is 0 Å². The minimum absolute atomic E-state index is 0.665. The summed E-state index contributed by atoms with van der Waals surface area (Å²) in [5.74, 6) is 1.91. The number of hydrogen-bond acceptors (Lipinski definition) is 2.